The van der Waals surface area contributed by atoms with Gasteiger partial charge in [0.15, 0.2) is 9.84 Å². The SMILES string of the molecule is CN(C)CC(=O)N[C@@H]1CS(=O)(=O)C[C@H]1NC(=O)CCOc1ccccc1. The summed E-state index contributed by atoms with van der Waals surface area (Å²) < 4.78 is 29.3. The summed E-state index contributed by atoms with van der Waals surface area (Å²) >= 11 is 0. The summed E-state index contributed by atoms with van der Waals surface area (Å²) in [4.78, 5) is 25.7. The molecule has 0 bridgehead atoms. The van der Waals surface area contributed by atoms with Gasteiger partial charge in [0.05, 0.1) is 43.2 Å². The predicted octanol–water partition coefficient (Wildman–Crippen LogP) is -0.585. The molecule has 2 atom stereocenters. The first-order valence-electron chi connectivity index (χ1n) is 8.37. The van der Waals surface area contributed by atoms with Gasteiger partial charge < -0.3 is 20.3 Å². The molecule has 8 nitrogen and oxygen atoms in total. The van der Waals surface area contributed by atoms with Crippen LogP contribution >= 0.6 is 0 Å². The molecule has 144 valence electrons. The average molecular weight is 383 g/mol. The van der Waals surface area contributed by atoms with Gasteiger partial charge in [-0.3, -0.25) is 9.59 Å². The van der Waals surface area contributed by atoms with Crippen molar-refractivity contribution in [3.63, 3.8) is 0 Å². The Balaban J connectivity index is 1.84. The van der Waals surface area contributed by atoms with Gasteiger partial charge in [0.2, 0.25) is 11.8 Å². The summed E-state index contributed by atoms with van der Waals surface area (Å²) in [5.74, 6) is -0.265. The number of likely N-dealkylation sites (N-methyl/N-ethyl adjacent to an activating group) is 1. The maximum atomic E-state index is 12.1. The van der Waals surface area contributed by atoms with E-state index in [1.807, 2.05) is 18.2 Å². The van der Waals surface area contributed by atoms with Gasteiger partial charge in [-0.2, -0.15) is 0 Å². The van der Waals surface area contributed by atoms with Crippen molar-refractivity contribution in [1.29, 1.82) is 0 Å². The van der Waals surface area contributed by atoms with Crippen molar-refractivity contribution in [2.45, 2.75) is 18.5 Å². The molecule has 2 rings (SSSR count). The van der Waals surface area contributed by atoms with Crippen molar-refractivity contribution in [3.05, 3.63) is 30.3 Å². The zero-order valence-corrected chi connectivity index (χ0v) is 15.8. The Kier molecular flexibility index (Phi) is 6.98. The maximum absolute atomic E-state index is 12.1. The lowest BCUT2D eigenvalue weighted by molar-refractivity contribution is -0.124. The van der Waals surface area contributed by atoms with Crippen LogP contribution in [-0.4, -0.2) is 76.0 Å². The summed E-state index contributed by atoms with van der Waals surface area (Å²) in [7, 11) is 0.192. The highest BCUT2D eigenvalue weighted by Gasteiger charge is 2.39. The van der Waals surface area contributed by atoms with Gasteiger partial charge >= 0.3 is 0 Å². The number of carbonyl (C=O) groups excluding carboxylic acids is 2. The van der Waals surface area contributed by atoms with Crippen molar-refractivity contribution in [3.8, 4) is 5.75 Å². The first-order valence-corrected chi connectivity index (χ1v) is 10.2. The lowest BCUT2D eigenvalue weighted by Crippen LogP contribution is -2.52. The molecule has 0 saturated carbocycles. The number of nitrogens with zero attached hydrogens (tertiary/aromatic N) is 1. The van der Waals surface area contributed by atoms with Crippen molar-refractivity contribution < 1.29 is 22.7 Å². The molecule has 1 heterocycles. The Morgan fingerprint density at radius 3 is 2.23 bits per heavy atom. The van der Waals surface area contributed by atoms with Crippen LogP contribution in [0.4, 0.5) is 0 Å². The van der Waals surface area contributed by atoms with E-state index in [2.05, 4.69) is 10.6 Å². The monoisotopic (exact) mass is 383 g/mol. The first-order chi connectivity index (χ1) is 12.2. The lowest BCUT2D eigenvalue weighted by atomic mass is 10.1. The van der Waals surface area contributed by atoms with E-state index in [9.17, 15) is 18.0 Å². The van der Waals surface area contributed by atoms with Crippen LogP contribution in [0.1, 0.15) is 6.42 Å². The van der Waals surface area contributed by atoms with Crippen molar-refractivity contribution >= 4 is 21.7 Å². The molecular weight excluding hydrogens is 358 g/mol. The van der Waals surface area contributed by atoms with Crippen LogP contribution in [0.3, 0.4) is 0 Å². The molecule has 0 aliphatic carbocycles. The standard InChI is InChI=1S/C17H25N3O5S/c1-20(2)10-17(22)19-15-12-26(23,24)11-14(15)18-16(21)8-9-25-13-6-4-3-5-7-13/h3-7,14-15H,8-12H2,1-2H3,(H,18,21)(H,19,22)/t14-,15-/m1/s1. The van der Waals surface area contributed by atoms with E-state index < -0.39 is 21.9 Å². The molecule has 2 amide bonds. The molecule has 9 heteroatoms. The third-order valence-electron chi connectivity index (χ3n) is 3.85. The molecule has 1 aliphatic rings. The Morgan fingerprint density at radius 1 is 1.08 bits per heavy atom. The fraction of sp³-hybridized carbons (Fsp3) is 0.529. The van der Waals surface area contributed by atoms with Gasteiger partial charge in [-0.05, 0) is 26.2 Å². The molecule has 2 N–H and O–H groups in total. The van der Waals surface area contributed by atoms with Gasteiger partial charge in [0, 0.05) is 0 Å². The number of rotatable bonds is 8. The highest BCUT2D eigenvalue weighted by Crippen LogP contribution is 2.13. The summed E-state index contributed by atoms with van der Waals surface area (Å²) in [6, 6.07) is 7.86. The average Bonchev–Trinajstić information content (AvgIpc) is 2.80. The van der Waals surface area contributed by atoms with E-state index in [4.69, 9.17) is 4.74 Å². The van der Waals surface area contributed by atoms with Crippen LogP contribution in [-0.2, 0) is 19.4 Å². The van der Waals surface area contributed by atoms with Gasteiger partial charge in [-0.15, -0.1) is 0 Å². The van der Waals surface area contributed by atoms with Gasteiger partial charge in [-0.1, -0.05) is 18.2 Å². The van der Waals surface area contributed by atoms with E-state index >= 15 is 0 Å². The van der Waals surface area contributed by atoms with Gasteiger partial charge in [0.25, 0.3) is 0 Å². The van der Waals surface area contributed by atoms with E-state index in [1.54, 1.807) is 31.1 Å². The molecule has 1 fully saturated rings. The minimum Gasteiger partial charge on any atom is -0.493 e. The number of sulfone groups is 1. The fourth-order valence-corrected chi connectivity index (χ4v) is 4.59. The number of amides is 2. The minimum absolute atomic E-state index is 0.101. The first kappa shape index (κ1) is 20.2. The number of carbonyl (C=O) groups is 2. The second-order valence-electron chi connectivity index (χ2n) is 6.57. The van der Waals surface area contributed by atoms with Crippen LogP contribution in [0.15, 0.2) is 30.3 Å². The zero-order chi connectivity index (χ0) is 19.2. The number of ether oxygens (including phenoxy) is 1. The van der Waals surface area contributed by atoms with E-state index in [0.717, 1.165) is 0 Å². The summed E-state index contributed by atoms with van der Waals surface area (Å²) in [5.41, 5.74) is 0. The molecule has 0 radical (unpaired) electrons. The molecular formula is C17H25N3O5S. The van der Waals surface area contributed by atoms with Crippen LogP contribution in [0.2, 0.25) is 0 Å². The van der Waals surface area contributed by atoms with Crippen LogP contribution in [0.5, 0.6) is 5.75 Å². The molecule has 1 saturated heterocycles. The van der Waals surface area contributed by atoms with Crippen LogP contribution in [0, 0.1) is 0 Å². The van der Waals surface area contributed by atoms with Crippen LogP contribution in [0.25, 0.3) is 0 Å². The molecule has 0 spiro atoms. The highest BCUT2D eigenvalue weighted by atomic mass is 32.2. The Bertz CT molecular complexity index is 721. The largest absolute Gasteiger partial charge is 0.493 e. The summed E-state index contributed by atoms with van der Waals surface area (Å²) in [6.45, 7) is 0.342. The summed E-state index contributed by atoms with van der Waals surface area (Å²) in [6.07, 6.45) is 0.101. The number of benzene rings is 1. The number of para-hydroxylation sites is 1. The topological polar surface area (TPSA) is 105 Å². The van der Waals surface area contributed by atoms with Crippen LogP contribution < -0.4 is 15.4 Å². The third kappa shape index (κ3) is 6.64. The van der Waals surface area contributed by atoms with E-state index in [0.29, 0.717) is 5.75 Å². The number of hydrogen-bond donors (Lipinski definition) is 2. The Hall–Kier alpha value is -2.13. The van der Waals surface area contributed by atoms with Gasteiger partial charge in [-0.25, -0.2) is 8.42 Å². The molecule has 1 aromatic rings. The van der Waals surface area contributed by atoms with Crippen molar-refractivity contribution in [2.24, 2.45) is 0 Å². The number of hydrogen-bond acceptors (Lipinski definition) is 6. The zero-order valence-electron chi connectivity index (χ0n) is 15.0. The Labute approximate surface area is 153 Å². The van der Waals surface area contributed by atoms with Gasteiger partial charge in [0.1, 0.15) is 5.75 Å². The van der Waals surface area contributed by atoms with E-state index in [1.165, 1.54) is 0 Å². The Morgan fingerprint density at radius 2 is 1.65 bits per heavy atom. The van der Waals surface area contributed by atoms with Crippen molar-refractivity contribution in [2.75, 3.05) is 38.8 Å². The molecule has 26 heavy (non-hydrogen) atoms. The molecule has 1 aromatic carbocycles. The smallest absolute Gasteiger partial charge is 0.234 e. The third-order valence-corrected chi connectivity index (χ3v) is 5.58. The highest BCUT2D eigenvalue weighted by molar-refractivity contribution is 7.91. The number of nitrogens with one attached hydrogen (secondary N) is 2. The summed E-state index contributed by atoms with van der Waals surface area (Å²) in [5, 5.41) is 5.40. The maximum Gasteiger partial charge on any atom is 0.234 e. The normalized spacial score (nSPS) is 21.3. The second-order valence-corrected chi connectivity index (χ2v) is 8.73. The second kappa shape index (κ2) is 9.00. The predicted molar refractivity (Wildman–Crippen MR) is 97.6 cm³/mol. The molecule has 0 unspecified atom stereocenters. The fourth-order valence-electron chi connectivity index (χ4n) is 2.73. The minimum atomic E-state index is -3.30. The lowest BCUT2D eigenvalue weighted by Gasteiger charge is -2.21. The quantitative estimate of drug-likeness (QED) is 0.622. The molecule has 1 aliphatic heterocycles. The van der Waals surface area contributed by atoms with E-state index in [-0.39, 0.29) is 42.9 Å². The molecule has 0 aromatic heterocycles. The van der Waals surface area contributed by atoms with Crippen molar-refractivity contribution in [1.82, 2.24) is 15.5 Å².